The van der Waals surface area contributed by atoms with E-state index in [-0.39, 0.29) is 0 Å². The van der Waals surface area contributed by atoms with Crippen molar-refractivity contribution in [2.45, 2.75) is 18.9 Å². The molecule has 1 aromatic carbocycles. The Labute approximate surface area is 94.4 Å². The van der Waals surface area contributed by atoms with Gasteiger partial charge in [0.2, 0.25) is 0 Å². The van der Waals surface area contributed by atoms with Gasteiger partial charge in [-0.3, -0.25) is 0 Å². The lowest BCUT2D eigenvalue weighted by Gasteiger charge is -2.23. The van der Waals surface area contributed by atoms with Crippen LogP contribution in [0.1, 0.15) is 12.8 Å². The fraction of sp³-hybridized carbons (Fsp3) is 0.385. The first-order chi connectivity index (χ1) is 7.93. The van der Waals surface area contributed by atoms with Crippen LogP contribution in [-0.2, 0) is 0 Å². The van der Waals surface area contributed by atoms with Crippen molar-refractivity contribution in [3.8, 4) is 5.75 Å². The van der Waals surface area contributed by atoms with Crippen LogP contribution < -0.4 is 10.1 Å². The molecule has 0 spiro atoms. The average molecular weight is 217 g/mol. The SMILES string of the molecule is c1cc(OC2CCNCC2)c2occc2c1. The molecular weight excluding hydrogens is 202 g/mol. The van der Waals surface area contributed by atoms with E-state index in [1.54, 1.807) is 6.26 Å². The maximum absolute atomic E-state index is 5.99. The highest BCUT2D eigenvalue weighted by Gasteiger charge is 2.16. The van der Waals surface area contributed by atoms with Crippen LogP contribution in [-0.4, -0.2) is 19.2 Å². The van der Waals surface area contributed by atoms with Crippen molar-refractivity contribution in [3.05, 3.63) is 30.5 Å². The first kappa shape index (κ1) is 9.73. The number of fused-ring (bicyclic) bond motifs is 1. The number of hydrogen-bond donors (Lipinski definition) is 1. The number of para-hydroxylation sites is 1. The average Bonchev–Trinajstić information content (AvgIpc) is 2.80. The molecule has 1 aromatic heterocycles. The van der Waals surface area contributed by atoms with Crippen LogP contribution in [0.25, 0.3) is 11.0 Å². The molecule has 1 saturated heterocycles. The molecule has 0 atom stereocenters. The summed E-state index contributed by atoms with van der Waals surface area (Å²) in [6.45, 7) is 2.08. The topological polar surface area (TPSA) is 34.4 Å². The summed E-state index contributed by atoms with van der Waals surface area (Å²) in [5, 5.41) is 4.43. The number of rotatable bonds is 2. The Morgan fingerprint density at radius 3 is 2.94 bits per heavy atom. The second kappa shape index (κ2) is 4.18. The van der Waals surface area contributed by atoms with E-state index >= 15 is 0 Å². The number of hydrogen-bond acceptors (Lipinski definition) is 3. The van der Waals surface area contributed by atoms with Gasteiger partial charge in [-0.1, -0.05) is 12.1 Å². The van der Waals surface area contributed by atoms with Gasteiger partial charge in [-0.25, -0.2) is 0 Å². The van der Waals surface area contributed by atoms with Gasteiger partial charge in [-0.05, 0) is 38.1 Å². The van der Waals surface area contributed by atoms with Crippen molar-refractivity contribution in [2.24, 2.45) is 0 Å². The van der Waals surface area contributed by atoms with Crippen LogP contribution >= 0.6 is 0 Å². The van der Waals surface area contributed by atoms with E-state index in [2.05, 4.69) is 5.32 Å². The highest BCUT2D eigenvalue weighted by atomic mass is 16.5. The molecule has 1 N–H and O–H groups in total. The lowest BCUT2D eigenvalue weighted by Crippen LogP contribution is -2.34. The van der Waals surface area contributed by atoms with E-state index in [1.807, 2.05) is 24.3 Å². The molecule has 3 rings (SSSR count). The standard InChI is InChI=1S/C13H15NO2/c1-2-10-6-9-15-13(10)12(3-1)16-11-4-7-14-8-5-11/h1-3,6,9,11,14H,4-5,7-8H2. The van der Waals surface area contributed by atoms with Crippen molar-refractivity contribution in [2.75, 3.05) is 13.1 Å². The second-order valence-corrected chi connectivity index (χ2v) is 4.16. The quantitative estimate of drug-likeness (QED) is 0.839. The number of ether oxygens (including phenoxy) is 1. The largest absolute Gasteiger partial charge is 0.486 e. The summed E-state index contributed by atoms with van der Waals surface area (Å²) in [5.74, 6) is 0.870. The zero-order valence-corrected chi connectivity index (χ0v) is 9.11. The Bertz CT molecular complexity index is 471. The zero-order valence-electron chi connectivity index (χ0n) is 9.11. The van der Waals surface area contributed by atoms with Crippen LogP contribution in [0.5, 0.6) is 5.75 Å². The van der Waals surface area contributed by atoms with Gasteiger partial charge >= 0.3 is 0 Å². The van der Waals surface area contributed by atoms with Gasteiger partial charge in [0, 0.05) is 5.39 Å². The molecule has 0 aliphatic carbocycles. The van der Waals surface area contributed by atoms with E-state index in [1.165, 1.54) is 0 Å². The molecule has 0 radical (unpaired) electrons. The molecule has 1 fully saturated rings. The number of furan rings is 1. The number of nitrogens with one attached hydrogen (secondary N) is 1. The van der Waals surface area contributed by atoms with Crippen molar-refractivity contribution in [1.82, 2.24) is 5.32 Å². The third-order valence-electron chi connectivity index (χ3n) is 3.02. The highest BCUT2D eigenvalue weighted by Crippen LogP contribution is 2.28. The molecule has 1 aliphatic rings. The van der Waals surface area contributed by atoms with Gasteiger partial charge < -0.3 is 14.5 Å². The van der Waals surface area contributed by atoms with Crippen molar-refractivity contribution in [1.29, 1.82) is 0 Å². The van der Waals surface area contributed by atoms with Crippen LogP contribution in [0.15, 0.2) is 34.9 Å². The van der Waals surface area contributed by atoms with Crippen LogP contribution in [0, 0.1) is 0 Å². The molecule has 84 valence electrons. The van der Waals surface area contributed by atoms with E-state index < -0.39 is 0 Å². The van der Waals surface area contributed by atoms with Gasteiger partial charge in [-0.2, -0.15) is 0 Å². The van der Waals surface area contributed by atoms with Crippen LogP contribution in [0.3, 0.4) is 0 Å². The lowest BCUT2D eigenvalue weighted by atomic mass is 10.1. The maximum atomic E-state index is 5.99. The Hall–Kier alpha value is -1.48. The molecule has 2 heterocycles. The summed E-state index contributed by atoms with van der Waals surface area (Å²) in [4.78, 5) is 0. The molecule has 16 heavy (non-hydrogen) atoms. The lowest BCUT2D eigenvalue weighted by molar-refractivity contribution is 0.163. The molecule has 1 aliphatic heterocycles. The maximum Gasteiger partial charge on any atom is 0.175 e. The molecule has 0 unspecified atom stereocenters. The van der Waals surface area contributed by atoms with Gasteiger partial charge in [0.1, 0.15) is 6.10 Å². The summed E-state index contributed by atoms with van der Waals surface area (Å²) in [7, 11) is 0. The summed E-state index contributed by atoms with van der Waals surface area (Å²) in [6.07, 6.45) is 4.16. The van der Waals surface area contributed by atoms with E-state index in [0.717, 1.165) is 42.6 Å². The Kier molecular flexibility index (Phi) is 2.54. The van der Waals surface area contributed by atoms with Gasteiger partial charge in [0.05, 0.1) is 6.26 Å². The third-order valence-corrected chi connectivity index (χ3v) is 3.02. The molecule has 0 amide bonds. The highest BCUT2D eigenvalue weighted by molar-refractivity contribution is 5.82. The second-order valence-electron chi connectivity index (χ2n) is 4.16. The minimum Gasteiger partial charge on any atom is -0.486 e. The van der Waals surface area contributed by atoms with Gasteiger partial charge in [-0.15, -0.1) is 0 Å². The molecule has 3 nitrogen and oxygen atoms in total. The van der Waals surface area contributed by atoms with E-state index in [4.69, 9.17) is 9.15 Å². The molecular formula is C13H15NO2. The summed E-state index contributed by atoms with van der Waals surface area (Å²) in [6, 6.07) is 7.99. The Morgan fingerprint density at radius 1 is 1.19 bits per heavy atom. The van der Waals surface area contributed by atoms with E-state index in [0.29, 0.717) is 6.10 Å². The summed E-state index contributed by atoms with van der Waals surface area (Å²) < 4.78 is 11.4. The molecule has 0 saturated carbocycles. The normalized spacial score (nSPS) is 17.8. The van der Waals surface area contributed by atoms with Crippen molar-refractivity contribution in [3.63, 3.8) is 0 Å². The molecule has 3 heteroatoms. The number of piperidine rings is 1. The van der Waals surface area contributed by atoms with Gasteiger partial charge in [0.25, 0.3) is 0 Å². The van der Waals surface area contributed by atoms with Crippen molar-refractivity contribution >= 4 is 11.0 Å². The number of benzene rings is 1. The van der Waals surface area contributed by atoms with Crippen molar-refractivity contribution < 1.29 is 9.15 Å². The molecule has 2 aromatic rings. The van der Waals surface area contributed by atoms with Gasteiger partial charge in [0.15, 0.2) is 11.3 Å². The Balaban J connectivity index is 1.85. The van der Waals surface area contributed by atoms with Crippen LogP contribution in [0.2, 0.25) is 0 Å². The monoisotopic (exact) mass is 217 g/mol. The Morgan fingerprint density at radius 2 is 2.06 bits per heavy atom. The zero-order chi connectivity index (χ0) is 10.8. The third kappa shape index (κ3) is 1.78. The fourth-order valence-electron chi connectivity index (χ4n) is 2.15. The first-order valence-electron chi connectivity index (χ1n) is 5.77. The van der Waals surface area contributed by atoms with Crippen LogP contribution in [0.4, 0.5) is 0 Å². The molecule has 0 bridgehead atoms. The predicted molar refractivity (Wildman–Crippen MR) is 62.7 cm³/mol. The van der Waals surface area contributed by atoms with E-state index in [9.17, 15) is 0 Å². The smallest absolute Gasteiger partial charge is 0.175 e. The first-order valence-corrected chi connectivity index (χ1v) is 5.77. The predicted octanol–water partition coefficient (Wildman–Crippen LogP) is 2.56. The summed E-state index contributed by atoms with van der Waals surface area (Å²) >= 11 is 0. The minimum atomic E-state index is 0.317. The fourth-order valence-corrected chi connectivity index (χ4v) is 2.15. The minimum absolute atomic E-state index is 0.317. The summed E-state index contributed by atoms with van der Waals surface area (Å²) in [5.41, 5.74) is 0.862.